The minimum atomic E-state index is 0. The Hall–Kier alpha value is -0.530. The highest BCUT2D eigenvalue weighted by Crippen LogP contribution is 2.24. The fraction of sp³-hybridized carbons (Fsp3) is 0.972. The molecule has 2 nitrogen and oxygen atoms in total. The second-order valence-corrected chi connectivity index (χ2v) is 13.2. The zero-order chi connectivity index (χ0) is 27.5. The van der Waals surface area contributed by atoms with Gasteiger partial charge in [0.25, 0.3) is 0 Å². The molecule has 230 valence electrons. The molecule has 0 aliphatic rings. The predicted molar refractivity (Wildman–Crippen MR) is 174 cm³/mol. The zero-order valence-corrected chi connectivity index (χ0v) is 26.6. The number of amides is 1. The van der Waals surface area contributed by atoms with Crippen LogP contribution in [0.25, 0.3) is 0 Å². The largest absolute Gasteiger partial charge is 0.353 e. The normalized spacial score (nSPS) is 12.3. The van der Waals surface area contributed by atoms with Gasteiger partial charge >= 0.3 is 0 Å². The summed E-state index contributed by atoms with van der Waals surface area (Å²) in [6.45, 7) is 11.4. The van der Waals surface area contributed by atoms with E-state index in [4.69, 9.17) is 0 Å². The maximum Gasteiger partial charge on any atom is 0.220 e. The molecule has 1 unspecified atom stereocenters. The summed E-state index contributed by atoms with van der Waals surface area (Å²) in [7, 11) is 0. The molecule has 1 N–H and O–H groups in total. The molecule has 38 heavy (non-hydrogen) atoms. The van der Waals surface area contributed by atoms with Crippen LogP contribution >= 0.6 is 0 Å². The lowest BCUT2D eigenvalue weighted by molar-refractivity contribution is -0.122. The third kappa shape index (κ3) is 28.5. The predicted octanol–water partition coefficient (Wildman–Crippen LogP) is 12.7. The van der Waals surface area contributed by atoms with E-state index in [1.165, 1.54) is 154 Å². The van der Waals surface area contributed by atoms with Gasteiger partial charge in [-0.25, -0.2) is 0 Å². The minimum Gasteiger partial charge on any atom is -0.353 e. The summed E-state index contributed by atoms with van der Waals surface area (Å²) in [4.78, 5) is 12.6. The Morgan fingerprint density at radius 1 is 0.500 bits per heavy atom. The second kappa shape index (κ2) is 29.5. The molecule has 0 bridgehead atoms. The molecular formula is C36H75NO. The van der Waals surface area contributed by atoms with Crippen LogP contribution in [0.2, 0.25) is 0 Å². The molecule has 0 fully saturated rings. The maximum absolute atomic E-state index is 12.6. The Morgan fingerprint density at radius 2 is 0.789 bits per heavy atom. The van der Waals surface area contributed by atoms with Crippen molar-refractivity contribution in [1.29, 1.82) is 0 Å². The van der Waals surface area contributed by atoms with Crippen molar-refractivity contribution in [1.82, 2.24) is 5.32 Å². The van der Waals surface area contributed by atoms with Crippen LogP contribution in [0.15, 0.2) is 0 Å². The van der Waals surface area contributed by atoms with E-state index >= 15 is 0 Å². The van der Waals surface area contributed by atoms with Gasteiger partial charge in [-0.3, -0.25) is 4.79 Å². The fourth-order valence-corrected chi connectivity index (χ4v) is 5.48. The highest BCUT2D eigenvalue weighted by molar-refractivity contribution is 5.76. The van der Waals surface area contributed by atoms with E-state index in [1.54, 1.807) is 0 Å². The maximum atomic E-state index is 12.6. The van der Waals surface area contributed by atoms with Crippen molar-refractivity contribution in [3.05, 3.63) is 0 Å². The number of hydrogen-bond acceptors (Lipinski definition) is 1. The molecule has 0 aromatic rings. The van der Waals surface area contributed by atoms with Gasteiger partial charge in [-0.1, -0.05) is 196 Å². The standard InChI is InChI=1S/C35H71NO.CH4/c1-6-8-10-12-14-16-18-19-20-22-23-25-27-29-31-33(35(3,4)5)36-34(37)32-30-28-26-24-21-17-15-13-11-9-7-2;/h33H,6-32H2,1-5H3,(H,36,37);1H4. The molecule has 0 heterocycles. The summed E-state index contributed by atoms with van der Waals surface area (Å²) in [6.07, 6.45) is 36.1. The van der Waals surface area contributed by atoms with Gasteiger partial charge in [0.15, 0.2) is 0 Å². The first-order chi connectivity index (χ1) is 17.9. The lowest BCUT2D eigenvalue weighted by Gasteiger charge is -2.31. The summed E-state index contributed by atoms with van der Waals surface area (Å²) < 4.78 is 0. The highest BCUT2D eigenvalue weighted by atomic mass is 16.1. The van der Waals surface area contributed by atoms with Gasteiger partial charge in [0.2, 0.25) is 5.91 Å². The minimum absolute atomic E-state index is 0. The average molecular weight is 538 g/mol. The molecule has 0 radical (unpaired) electrons. The van der Waals surface area contributed by atoms with Crippen molar-refractivity contribution < 1.29 is 4.79 Å². The number of carbonyl (C=O) groups is 1. The number of carbonyl (C=O) groups excluding carboxylic acids is 1. The third-order valence-electron chi connectivity index (χ3n) is 8.23. The number of hydrogen-bond donors (Lipinski definition) is 1. The topological polar surface area (TPSA) is 29.1 Å². The van der Waals surface area contributed by atoms with Gasteiger partial charge in [0.1, 0.15) is 0 Å². The summed E-state index contributed by atoms with van der Waals surface area (Å²) in [5.41, 5.74) is 0.142. The van der Waals surface area contributed by atoms with Crippen LogP contribution in [-0.4, -0.2) is 11.9 Å². The highest BCUT2D eigenvalue weighted by Gasteiger charge is 2.25. The first-order valence-electron chi connectivity index (χ1n) is 17.2. The van der Waals surface area contributed by atoms with Gasteiger partial charge in [0, 0.05) is 12.5 Å². The molecule has 0 saturated heterocycles. The van der Waals surface area contributed by atoms with Crippen LogP contribution < -0.4 is 5.32 Å². The zero-order valence-electron chi connectivity index (χ0n) is 26.6. The molecule has 2 heteroatoms. The van der Waals surface area contributed by atoms with Gasteiger partial charge in [0.05, 0.1) is 0 Å². The molecule has 0 spiro atoms. The first-order valence-corrected chi connectivity index (χ1v) is 17.2. The van der Waals surface area contributed by atoms with E-state index < -0.39 is 0 Å². The third-order valence-corrected chi connectivity index (χ3v) is 8.23. The molecule has 1 atom stereocenters. The van der Waals surface area contributed by atoms with Crippen LogP contribution in [0.3, 0.4) is 0 Å². The van der Waals surface area contributed by atoms with Gasteiger partial charge < -0.3 is 5.32 Å². The van der Waals surface area contributed by atoms with E-state index in [-0.39, 0.29) is 18.7 Å². The van der Waals surface area contributed by atoms with E-state index in [1.807, 2.05) is 0 Å². The van der Waals surface area contributed by atoms with Crippen molar-refractivity contribution >= 4 is 5.91 Å². The lowest BCUT2D eigenvalue weighted by Crippen LogP contribution is -2.43. The van der Waals surface area contributed by atoms with Crippen LogP contribution in [0.5, 0.6) is 0 Å². The van der Waals surface area contributed by atoms with Gasteiger partial charge in [-0.15, -0.1) is 0 Å². The molecule has 0 aromatic carbocycles. The molecule has 0 rings (SSSR count). The van der Waals surface area contributed by atoms with Crippen LogP contribution in [0, 0.1) is 5.41 Å². The van der Waals surface area contributed by atoms with Crippen LogP contribution in [0.1, 0.15) is 215 Å². The Bertz CT molecular complexity index is 466. The Morgan fingerprint density at radius 3 is 1.11 bits per heavy atom. The number of rotatable bonds is 28. The molecule has 0 saturated carbocycles. The van der Waals surface area contributed by atoms with Crippen molar-refractivity contribution in [3.63, 3.8) is 0 Å². The first kappa shape index (κ1) is 39.6. The second-order valence-electron chi connectivity index (χ2n) is 13.2. The molecule has 0 aliphatic carbocycles. The SMILES string of the molecule is C.CCCCCCCCCCCCCCCCC(NC(=O)CCCCCCCCCCCCC)C(C)(C)C. The average Bonchev–Trinajstić information content (AvgIpc) is 2.86. The van der Waals surface area contributed by atoms with Crippen LogP contribution in [0.4, 0.5) is 0 Å². The van der Waals surface area contributed by atoms with Crippen molar-refractivity contribution in [3.8, 4) is 0 Å². The van der Waals surface area contributed by atoms with Gasteiger partial charge in [-0.05, 0) is 18.3 Å². The number of nitrogens with one attached hydrogen (secondary N) is 1. The number of unbranched alkanes of at least 4 members (excludes halogenated alkanes) is 23. The van der Waals surface area contributed by atoms with E-state index in [0.29, 0.717) is 12.5 Å². The van der Waals surface area contributed by atoms with E-state index in [9.17, 15) is 4.79 Å². The summed E-state index contributed by atoms with van der Waals surface area (Å²) >= 11 is 0. The Kier molecular flexibility index (Phi) is 30.7. The van der Waals surface area contributed by atoms with E-state index in [0.717, 1.165) is 12.8 Å². The lowest BCUT2D eigenvalue weighted by atomic mass is 9.83. The van der Waals surface area contributed by atoms with Crippen LogP contribution in [-0.2, 0) is 4.79 Å². The monoisotopic (exact) mass is 538 g/mol. The molecule has 0 aliphatic heterocycles. The molecular weight excluding hydrogens is 462 g/mol. The Balaban J connectivity index is 0. The smallest absolute Gasteiger partial charge is 0.220 e. The van der Waals surface area contributed by atoms with Crippen molar-refractivity contribution in [2.24, 2.45) is 5.41 Å². The Labute approximate surface area is 242 Å². The summed E-state index contributed by atoms with van der Waals surface area (Å²) in [5.74, 6) is 0.279. The summed E-state index contributed by atoms with van der Waals surface area (Å²) in [5, 5.41) is 3.40. The molecule has 1 amide bonds. The quantitative estimate of drug-likeness (QED) is 0.0988. The van der Waals surface area contributed by atoms with Crippen molar-refractivity contribution in [2.75, 3.05) is 0 Å². The van der Waals surface area contributed by atoms with Crippen molar-refractivity contribution in [2.45, 2.75) is 221 Å². The van der Waals surface area contributed by atoms with E-state index in [2.05, 4.69) is 39.9 Å². The molecule has 0 aromatic heterocycles. The fourth-order valence-electron chi connectivity index (χ4n) is 5.48. The summed E-state index contributed by atoms with van der Waals surface area (Å²) in [6, 6.07) is 0.310. The van der Waals surface area contributed by atoms with Gasteiger partial charge in [-0.2, -0.15) is 0 Å².